The molecule has 1 aromatic heterocycles. The summed E-state index contributed by atoms with van der Waals surface area (Å²) in [6.07, 6.45) is 0. The summed E-state index contributed by atoms with van der Waals surface area (Å²) in [6.45, 7) is 3.37. The molecule has 7 heteroatoms. The summed E-state index contributed by atoms with van der Waals surface area (Å²) in [5, 5.41) is 2.76. The van der Waals surface area contributed by atoms with Crippen molar-refractivity contribution in [2.24, 2.45) is 0 Å². The van der Waals surface area contributed by atoms with E-state index in [1.807, 2.05) is 48.5 Å². The van der Waals surface area contributed by atoms with E-state index >= 15 is 0 Å². The number of piperazine rings is 1. The van der Waals surface area contributed by atoms with Crippen LogP contribution in [-0.4, -0.2) is 36.1 Å². The average Bonchev–Trinajstić information content (AvgIpc) is 2.81. The van der Waals surface area contributed by atoms with Crippen LogP contribution < -0.4 is 9.80 Å². The Bertz CT molecular complexity index is 1250. The molecule has 1 aliphatic heterocycles. The molecule has 1 fully saturated rings. The summed E-state index contributed by atoms with van der Waals surface area (Å²) >= 11 is 19.1. The summed E-state index contributed by atoms with van der Waals surface area (Å²) < 4.78 is 0. The van der Waals surface area contributed by atoms with Gasteiger partial charge in [0.05, 0.1) is 26.3 Å². The van der Waals surface area contributed by atoms with Crippen molar-refractivity contribution in [1.82, 2.24) is 9.97 Å². The standard InChI is InChI=1S/C24H19Cl3N4/c25-18-8-2-4-11-21(18)30-12-14-31(15-13-30)24-16-6-1-3-10-20(16)28-23(29-24)17-7-5-9-19(26)22(17)27/h1-11H,12-15H2. The molecule has 0 unspecified atom stereocenters. The molecule has 0 bridgehead atoms. The minimum atomic E-state index is 0.467. The summed E-state index contributed by atoms with van der Waals surface area (Å²) in [5.41, 5.74) is 2.69. The van der Waals surface area contributed by atoms with Gasteiger partial charge in [0.15, 0.2) is 5.82 Å². The van der Waals surface area contributed by atoms with E-state index in [0.717, 1.165) is 59.2 Å². The van der Waals surface area contributed by atoms with Gasteiger partial charge in [-0.15, -0.1) is 0 Å². The van der Waals surface area contributed by atoms with E-state index in [2.05, 4.69) is 21.9 Å². The normalized spacial score (nSPS) is 14.3. The number of rotatable bonds is 3. The predicted molar refractivity (Wildman–Crippen MR) is 131 cm³/mol. The van der Waals surface area contributed by atoms with Crippen LogP contribution in [0.4, 0.5) is 11.5 Å². The van der Waals surface area contributed by atoms with E-state index in [1.54, 1.807) is 6.07 Å². The highest BCUT2D eigenvalue weighted by Gasteiger charge is 2.23. The van der Waals surface area contributed by atoms with Crippen LogP contribution in [0.3, 0.4) is 0 Å². The Morgan fingerprint density at radius 2 is 1.32 bits per heavy atom. The second-order valence-corrected chi connectivity index (χ2v) is 8.61. The number of hydrogen-bond donors (Lipinski definition) is 0. The van der Waals surface area contributed by atoms with Gasteiger partial charge in [-0.1, -0.05) is 65.1 Å². The highest BCUT2D eigenvalue weighted by molar-refractivity contribution is 6.43. The van der Waals surface area contributed by atoms with Crippen LogP contribution in [0.15, 0.2) is 66.7 Å². The monoisotopic (exact) mass is 468 g/mol. The average molecular weight is 470 g/mol. The lowest BCUT2D eigenvalue weighted by Gasteiger charge is -2.37. The smallest absolute Gasteiger partial charge is 0.163 e. The molecule has 0 atom stereocenters. The number of fused-ring (bicyclic) bond motifs is 1. The number of para-hydroxylation sites is 2. The van der Waals surface area contributed by atoms with Crippen LogP contribution in [0.2, 0.25) is 15.1 Å². The maximum absolute atomic E-state index is 6.47. The van der Waals surface area contributed by atoms with Gasteiger partial charge in [-0.05, 0) is 36.4 Å². The van der Waals surface area contributed by atoms with Gasteiger partial charge < -0.3 is 9.80 Å². The quantitative estimate of drug-likeness (QED) is 0.339. The molecule has 3 aromatic carbocycles. The third-order valence-corrected chi connectivity index (χ3v) is 6.69. The maximum atomic E-state index is 6.47. The van der Waals surface area contributed by atoms with Gasteiger partial charge in [0.2, 0.25) is 0 Å². The summed E-state index contributed by atoms with van der Waals surface area (Å²) in [6, 6.07) is 21.6. The Morgan fingerprint density at radius 3 is 2.13 bits per heavy atom. The molecule has 4 aromatic rings. The molecule has 1 saturated heterocycles. The molecule has 156 valence electrons. The molecule has 0 radical (unpaired) electrons. The fourth-order valence-corrected chi connectivity index (χ4v) is 4.61. The summed E-state index contributed by atoms with van der Waals surface area (Å²) in [7, 11) is 0. The third-order valence-electron chi connectivity index (χ3n) is 5.55. The zero-order valence-corrected chi connectivity index (χ0v) is 18.9. The van der Waals surface area contributed by atoms with Gasteiger partial charge >= 0.3 is 0 Å². The zero-order valence-electron chi connectivity index (χ0n) is 16.6. The molecule has 0 saturated carbocycles. The van der Waals surface area contributed by atoms with E-state index in [4.69, 9.17) is 44.8 Å². The lowest BCUT2D eigenvalue weighted by molar-refractivity contribution is 0.649. The van der Waals surface area contributed by atoms with Crippen molar-refractivity contribution in [3.63, 3.8) is 0 Å². The summed E-state index contributed by atoms with van der Waals surface area (Å²) in [5.74, 6) is 1.49. The highest BCUT2D eigenvalue weighted by atomic mass is 35.5. The van der Waals surface area contributed by atoms with E-state index in [-0.39, 0.29) is 0 Å². The van der Waals surface area contributed by atoms with Crippen LogP contribution in [0.25, 0.3) is 22.3 Å². The number of anilines is 2. The van der Waals surface area contributed by atoms with E-state index in [1.165, 1.54) is 0 Å². The van der Waals surface area contributed by atoms with Gasteiger partial charge in [-0.3, -0.25) is 0 Å². The predicted octanol–water partition coefficient (Wildman–Crippen LogP) is 6.58. The van der Waals surface area contributed by atoms with Crippen molar-refractivity contribution in [2.45, 2.75) is 0 Å². The Morgan fingerprint density at radius 1 is 0.645 bits per heavy atom. The minimum Gasteiger partial charge on any atom is -0.367 e. The molecule has 4 nitrogen and oxygen atoms in total. The van der Waals surface area contributed by atoms with Crippen molar-refractivity contribution in [2.75, 3.05) is 36.0 Å². The Labute approximate surface area is 196 Å². The second kappa shape index (κ2) is 8.54. The minimum absolute atomic E-state index is 0.467. The SMILES string of the molecule is Clc1ccccc1N1CCN(c2nc(-c3cccc(Cl)c3Cl)nc3ccccc23)CC1. The van der Waals surface area contributed by atoms with Crippen molar-refractivity contribution in [1.29, 1.82) is 0 Å². The van der Waals surface area contributed by atoms with E-state index < -0.39 is 0 Å². The van der Waals surface area contributed by atoms with E-state index in [0.29, 0.717) is 15.9 Å². The van der Waals surface area contributed by atoms with Gasteiger partial charge in [-0.25, -0.2) is 9.97 Å². The number of aromatic nitrogens is 2. The second-order valence-electron chi connectivity index (χ2n) is 7.41. The summed E-state index contributed by atoms with van der Waals surface area (Å²) in [4.78, 5) is 14.3. The first-order valence-electron chi connectivity index (χ1n) is 10.1. The Hall–Kier alpha value is -2.53. The molecule has 0 amide bonds. The van der Waals surface area contributed by atoms with Gasteiger partial charge in [-0.2, -0.15) is 0 Å². The fraction of sp³-hybridized carbons (Fsp3) is 0.167. The highest BCUT2D eigenvalue weighted by Crippen LogP contribution is 2.35. The van der Waals surface area contributed by atoms with Crippen LogP contribution in [-0.2, 0) is 0 Å². The molecular weight excluding hydrogens is 451 g/mol. The first-order valence-corrected chi connectivity index (χ1v) is 11.2. The number of nitrogens with zero attached hydrogens (tertiary/aromatic N) is 4. The number of halogens is 3. The van der Waals surface area contributed by atoms with Gasteiger partial charge in [0.25, 0.3) is 0 Å². The lowest BCUT2D eigenvalue weighted by atomic mass is 10.1. The Kier molecular flexibility index (Phi) is 5.61. The number of benzene rings is 3. The molecule has 2 heterocycles. The van der Waals surface area contributed by atoms with Crippen molar-refractivity contribution in [3.8, 4) is 11.4 Å². The topological polar surface area (TPSA) is 32.3 Å². The van der Waals surface area contributed by atoms with Crippen molar-refractivity contribution >= 4 is 57.2 Å². The third kappa shape index (κ3) is 3.91. The molecule has 0 spiro atoms. The molecule has 1 aliphatic rings. The maximum Gasteiger partial charge on any atom is 0.163 e. The molecule has 0 aliphatic carbocycles. The van der Waals surface area contributed by atoms with Gasteiger partial charge in [0.1, 0.15) is 5.82 Å². The largest absolute Gasteiger partial charge is 0.367 e. The molecule has 5 rings (SSSR count). The van der Waals surface area contributed by atoms with Crippen LogP contribution >= 0.6 is 34.8 Å². The molecular formula is C24H19Cl3N4. The van der Waals surface area contributed by atoms with Gasteiger partial charge in [0, 0.05) is 37.1 Å². The first kappa shape index (κ1) is 20.4. The Balaban J connectivity index is 1.51. The van der Waals surface area contributed by atoms with Crippen LogP contribution in [0.1, 0.15) is 0 Å². The van der Waals surface area contributed by atoms with Crippen molar-refractivity contribution in [3.05, 3.63) is 81.8 Å². The lowest BCUT2D eigenvalue weighted by Crippen LogP contribution is -2.47. The fourth-order valence-electron chi connectivity index (χ4n) is 3.97. The van der Waals surface area contributed by atoms with E-state index in [9.17, 15) is 0 Å². The first-order chi connectivity index (χ1) is 15.1. The van der Waals surface area contributed by atoms with Crippen LogP contribution in [0, 0.1) is 0 Å². The number of hydrogen-bond acceptors (Lipinski definition) is 4. The zero-order chi connectivity index (χ0) is 21.4. The molecule has 31 heavy (non-hydrogen) atoms. The van der Waals surface area contributed by atoms with Crippen molar-refractivity contribution < 1.29 is 0 Å². The van der Waals surface area contributed by atoms with Crippen LogP contribution in [0.5, 0.6) is 0 Å². The molecule has 0 N–H and O–H groups in total.